The fraction of sp³-hybridized carbons (Fsp3) is 0.182. The summed E-state index contributed by atoms with van der Waals surface area (Å²) in [6, 6.07) is 68.7. The van der Waals surface area contributed by atoms with Crippen LogP contribution in [-0.2, 0) is 37.3 Å². The van der Waals surface area contributed by atoms with Crippen LogP contribution in [0.5, 0.6) is 11.5 Å². The van der Waals surface area contributed by atoms with Crippen molar-refractivity contribution in [3.63, 3.8) is 0 Å². The largest absolute Gasteiger partial charge is 0.509 e. The number of nitrogens with zero attached hydrogens (tertiary/aromatic N) is 4. The monoisotopic (exact) mass is 1150 g/mol. The molecule has 0 saturated carbocycles. The molecule has 1 aliphatic rings. The number of hydrogen-bond acceptors (Lipinski definition) is 5. The number of fused-ring (bicyclic) bond motifs is 7. The molecule has 0 bridgehead atoms. The maximum absolute atomic E-state index is 6.74. The minimum atomic E-state index is -0.0627. The van der Waals surface area contributed by atoms with E-state index in [0.29, 0.717) is 11.5 Å². The van der Waals surface area contributed by atoms with Gasteiger partial charge in [-0.1, -0.05) is 153 Å². The number of anilines is 4. The summed E-state index contributed by atoms with van der Waals surface area (Å²) >= 11 is 1.86. The van der Waals surface area contributed by atoms with Crippen LogP contribution in [0, 0.1) is 18.8 Å². The first-order chi connectivity index (χ1) is 34.5. The zero-order chi connectivity index (χ0) is 49.7. The predicted molar refractivity (Wildman–Crippen MR) is 304 cm³/mol. The Kier molecular flexibility index (Phi) is 12.0. The molecule has 0 amide bonds. The van der Waals surface area contributed by atoms with Crippen molar-refractivity contribution in [2.24, 2.45) is 0 Å². The Hall–Kier alpha value is -6.98. The Labute approximate surface area is 448 Å². The van der Waals surface area contributed by atoms with Gasteiger partial charge in [-0.3, -0.25) is 0 Å². The predicted octanol–water partition coefficient (Wildman–Crippen LogP) is 18.6. The van der Waals surface area contributed by atoms with Gasteiger partial charge in [0.25, 0.3) is 0 Å². The Morgan fingerprint density at radius 2 is 1.15 bits per heavy atom. The molecule has 7 heteroatoms. The first kappa shape index (κ1) is 48.3. The van der Waals surface area contributed by atoms with E-state index in [4.69, 9.17) is 9.72 Å². The summed E-state index contributed by atoms with van der Waals surface area (Å²) in [5.74, 6) is 2.03. The molecule has 0 spiro atoms. The SMILES string of the molecule is CC(C)(C)c1cc(N2[CH-]N(c3[c-]c(Oc4[c-]c5c(cc4)c4cc(-c6ccc(-c7cccc8sc9ccccc9c78)cc6)ccc4n5-c4cc(C(C)(C)C)ccn4)ccc3)c3ccccc32)cc(C(C)(C)C)c1.[Pt]. The standard InChI is InChI=1S/C66H57N4OS.Pt/c1-64(2,3)45-32-33-67-62(38-45)70-56-31-28-44(42-24-26-43(27-25-42)52-19-15-23-61-63(52)54-18-10-13-22-60(54)72-61)34-55(56)53-30-29-51(40-59(53)70)71-50-17-14-16-48(39-50)68-41-69(58-21-12-11-20-57(58)68)49-36-46(65(4,5)6)35-47(37-49)66(7,8)9;/h10-38,41H,1-9H3;/q-3;. The van der Waals surface area contributed by atoms with Crippen molar-refractivity contribution in [2.75, 3.05) is 9.80 Å². The Morgan fingerprint density at radius 3 is 1.89 bits per heavy atom. The summed E-state index contributed by atoms with van der Waals surface area (Å²) in [5.41, 5.74) is 14.7. The van der Waals surface area contributed by atoms with Crippen LogP contribution in [0.2, 0.25) is 0 Å². The number of thiophene rings is 1. The van der Waals surface area contributed by atoms with Crippen LogP contribution in [-0.4, -0.2) is 9.55 Å². The van der Waals surface area contributed by atoms with E-state index in [0.717, 1.165) is 61.5 Å². The molecule has 0 N–H and O–H groups in total. The van der Waals surface area contributed by atoms with Gasteiger partial charge >= 0.3 is 0 Å². The molecule has 3 aromatic heterocycles. The number of hydrogen-bond donors (Lipinski definition) is 0. The summed E-state index contributed by atoms with van der Waals surface area (Å²) in [6.07, 6.45) is 1.92. The van der Waals surface area contributed by atoms with E-state index in [1.54, 1.807) is 0 Å². The van der Waals surface area contributed by atoms with Gasteiger partial charge in [0.1, 0.15) is 5.82 Å². The smallest absolute Gasteiger partial charge is 0.135 e. The zero-order valence-electron chi connectivity index (χ0n) is 42.7. The molecule has 12 rings (SSSR count). The molecule has 0 atom stereocenters. The van der Waals surface area contributed by atoms with Crippen molar-refractivity contribution < 1.29 is 25.8 Å². The fourth-order valence-electron chi connectivity index (χ4n) is 10.1. The van der Waals surface area contributed by atoms with Gasteiger partial charge < -0.3 is 19.1 Å². The van der Waals surface area contributed by atoms with Crippen LogP contribution in [0.4, 0.5) is 22.7 Å². The molecule has 0 unspecified atom stereocenters. The average Bonchev–Trinajstić information content (AvgIpc) is 4.05. The van der Waals surface area contributed by atoms with Gasteiger partial charge in [-0.05, 0) is 115 Å². The first-order valence-corrected chi connectivity index (χ1v) is 25.7. The molecule has 0 aliphatic carbocycles. The van der Waals surface area contributed by atoms with Crippen molar-refractivity contribution in [1.29, 1.82) is 0 Å². The average molecular weight is 1150 g/mol. The molecular weight excluding hydrogens is 1090 g/mol. The molecule has 11 aromatic rings. The molecule has 73 heavy (non-hydrogen) atoms. The second-order valence-electron chi connectivity index (χ2n) is 22.3. The van der Waals surface area contributed by atoms with E-state index >= 15 is 0 Å². The first-order valence-electron chi connectivity index (χ1n) is 24.9. The van der Waals surface area contributed by atoms with E-state index in [1.165, 1.54) is 48.0 Å². The third-order valence-electron chi connectivity index (χ3n) is 14.2. The van der Waals surface area contributed by atoms with Crippen molar-refractivity contribution in [3.8, 4) is 39.6 Å². The molecule has 0 fully saturated rings. The molecule has 1 aliphatic heterocycles. The molecule has 8 aromatic carbocycles. The molecule has 366 valence electrons. The van der Waals surface area contributed by atoms with Crippen molar-refractivity contribution in [3.05, 3.63) is 212 Å². The summed E-state index contributed by atoms with van der Waals surface area (Å²) < 4.78 is 11.6. The van der Waals surface area contributed by atoms with Crippen LogP contribution in [0.1, 0.15) is 79.0 Å². The zero-order valence-corrected chi connectivity index (χ0v) is 45.8. The minimum Gasteiger partial charge on any atom is -0.509 e. The van der Waals surface area contributed by atoms with E-state index in [9.17, 15) is 0 Å². The van der Waals surface area contributed by atoms with Gasteiger partial charge in [0.15, 0.2) is 0 Å². The molecular formula is C66H57N4OPtS-3. The van der Waals surface area contributed by atoms with E-state index < -0.39 is 0 Å². The summed E-state index contributed by atoms with van der Waals surface area (Å²) in [6.45, 7) is 22.6. The molecule has 4 heterocycles. The summed E-state index contributed by atoms with van der Waals surface area (Å²) in [7, 11) is 0. The second kappa shape index (κ2) is 18.2. The third-order valence-corrected chi connectivity index (χ3v) is 15.3. The van der Waals surface area contributed by atoms with Crippen molar-refractivity contribution >= 4 is 76.1 Å². The maximum atomic E-state index is 6.74. The summed E-state index contributed by atoms with van der Waals surface area (Å²) in [4.78, 5) is 9.50. The number of rotatable bonds is 7. The van der Waals surface area contributed by atoms with E-state index in [1.807, 2.05) is 35.7 Å². The van der Waals surface area contributed by atoms with Gasteiger partial charge in [0.2, 0.25) is 0 Å². The van der Waals surface area contributed by atoms with Crippen molar-refractivity contribution in [2.45, 2.75) is 78.6 Å². The molecule has 5 nitrogen and oxygen atoms in total. The van der Waals surface area contributed by atoms with Gasteiger partial charge in [0.05, 0.1) is 0 Å². The van der Waals surface area contributed by atoms with E-state index in [2.05, 4.69) is 247 Å². The Morgan fingerprint density at radius 1 is 0.507 bits per heavy atom. The van der Waals surface area contributed by atoms with Gasteiger partial charge in [0, 0.05) is 81.5 Å². The van der Waals surface area contributed by atoms with Crippen LogP contribution >= 0.6 is 11.3 Å². The number of aromatic nitrogens is 2. The summed E-state index contributed by atoms with van der Waals surface area (Å²) in [5, 5.41) is 4.83. The third kappa shape index (κ3) is 8.83. The van der Waals surface area contributed by atoms with Gasteiger partial charge in [-0.15, -0.1) is 59.4 Å². The van der Waals surface area contributed by atoms with Crippen LogP contribution in [0.25, 0.3) is 70.0 Å². The molecule has 0 saturated heterocycles. The second-order valence-corrected chi connectivity index (χ2v) is 23.4. The van der Waals surface area contributed by atoms with Gasteiger partial charge in [-0.2, -0.15) is 12.1 Å². The maximum Gasteiger partial charge on any atom is 0.135 e. The number of ether oxygens (including phenoxy) is 1. The number of para-hydroxylation sites is 2. The topological polar surface area (TPSA) is 33.5 Å². The fourth-order valence-corrected chi connectivity index (χ4v) is 11.3. The van der Waals surface area contributed by atoms with Crippen LogP contribution < -0.4 is 14.5 Å². The minimum absolute atomic E-state index is 0. The number of benzene rings is 8. The van der Waals surface area contributed by atoms with Crippen LogP contribution in [0.15, 0.2) is 176 Å². The Bertz CT molecular complexity index is 3870. The Balaban J connectivity index is 0.00000574. The molecule has 0 radical (unpaired) electrons. The quantitative estimate of drug-likeness (QED) is 0.149. The number of pyridine rings is 1. The van der Waals surface area contributed by atoms with Crippen molar-refractivity contribution in [1.82, 2.24) is 9.55 Å². The normalized spacial score (nSPS) is 13.1. The van der Waals surface area contributed by atoms with E-state index in [-0.39, 0.29) is 37.3 Å². The van der Waals surface area contributed by atoms with Crippen LogP contribution in [0.3, 0.4) is 0 Å². The van der Waals surface area contributed by atoms with Gasteiger partial charge in [-0.25, -0.2) is 4.98 Å².